The van der Waals surface area contributed by atoms with Crippen LogP contribution in [0, 0.1) is 0 Å². The molecule has 0 fully saturated rings. The van der Waals surface area contributed by atoms with Crippen molar-refractivity contribution in [2.75, 3.05) is 11.9 Å². The third kappa shape index (κ3) is 2.25. The Morgan fingerprint density at radius 2 is 2.40 bits per heavy atom. The summed E-state index contributed by atoms with van der Waals surface area (Å²) in [6, 6.07) is 6.42. The average molecular weight is 267 g/mol. The average Bonchev–Trinajstić information content (AvgIpc) is 2.73. The molecule has 0 amide bonds. The van der Waals surface area contributed by atoms with E-state index in [2.05, 4.69) is 47.1 Å². The molecule has 1 heterocycles. The van der Waals surface area contributed by atoms with Crippen molar-refractivity contribution in [3.8, 4) is 5.75 Å². The summed E-state index contributed by atoms with van der Waals surface area (Å²) in [6.45, 7) is 2.98. The highest BCUT2D eigenvalue weighted by Gasteiger charge is 2.15. The second-order valence-corrected chi connectivity index (χ2v) is 4.55. The number of para-hydroxylation sites is 1. The standard InChI is InChI=1S/C13H15BrO/c1-10(4-3-8-14)12-6-2-5-11-7-9-15-13(11)12/h2,4-6H,3,7-9H2,1H3/b10-4-. The molecule has 15 heavy (non-hydrogen) atoms. The van der Waals surface area contributed by atoms with Gasteiger partial charge in [0.15, 0.2) is 0 Å². The number of alkyl halides is 1. The molecule has 0 unspecified atom stereocenters. The normalized spacial score (nSPS) is 14.9. The lowest BCUT2D eigenvalue weighted by Gasteiger charge is -2.08. The molecular formula is C13H15BrO. The maximum atomic E-state index is 5.68. The van der Waals surface area contributed by atoms with Crippen LogP contribution in [0.4, 0.5) is 0 Å². The Morgan fingerprint density at radius 1 is 1.53 bits per heavy atom. The van der Waals surface area contributed by atoms with E-state index in [4.69, 9.17) is 4.74 Å². The first-order valence-corrected chi connectivity index (χ1v) is 6.43. The smallest absolute Gasteiger partial charge is 0.130 e. The zero-order chi connectivity index (χ0) is 10.7. The summed E-state index contributed by atoms with van der Waals surface area (Å²) in [5, 5.41) is 1.01. The van der Waals surface area contributed by atoms with Gasteiger partial charge in [0.25, 0.3) is 0 Å². The largest absolute Gasteiger partial charge is 0.492 e. The summed E-state index contributed by atoms with van der Waals surface area (Å²) in [5.41, 5.74) is 3.92. The van der Waals surface area contributed by atoms with Crippen LogP contribution in [0.5, 0.6) is 5.75 Å². The Balaban J connectivity index is 2.32. The van der Waals surface area contributed by atoms with E-state index in [-0.39, 0.29) is 0 Å². The van der Waals surface area contributed by atoms with E-state index in [9.17, 15) is 0 Å². The first-order valence-electron chi connectivity index (χ1n) is 5.30. The molecule has 1 nitrogen and oxygen atoms in total. The highest BCUT2D eigenvalue weighted by molar-refractivity contribution is 9.09. The molecule has 0 aromatic heterocycles. The number of benzene rings is 1. The first kappa shape index (κ1) is 10.7. The summed E-state index contributed by atoms with van der Waals surface area (Å²) in [6.07, 6.45) is 4.37. The number of halogens is 1. The van der Waals surface area contributed by atoms with Crippen molar-refractivity contribution in [3.63, 3.8) is 0 Å². The summed E-state index contributed by atoms with van der Waals surface area (Å²) in [4.78, 5) is 0. The molecule has 0 saturated heterocycles. The maximum Gasteiger partial charge on any atom is 0.130 e. The minimum Gasteiger partial charge on any atom is -0.492 e. The van der Waals surface area contributed by atoms with Gasteiger partial charge in [-0.1, -0.05) is 40.2 Å². The highest BCUT2D eigenvalue weighted by Crippen LogP contribution is 2.33. The van der Waals surface area contributed by atoms with E-state index >= 15 is 0 Å². The van der Waals surface area contributed by atoms with Crippen LogP contribution >= 0.6 is 15.9 Å². The van der Waals surface area contributed by atoms with Gasteiger partial charge >= 0.3 is 0 Å². The minimum absolute atomic E-state index is 0.831. The lowest BCUT2D eigenvalue weighted by Crippen LogP contribution is -1.90. The van der Waals surface area contributed by atoms with Crippen molar-refractivity contribution in [2.45, 2.75) is 19.8 Å². The van der Waals surface area contributed by atoms with E-state index in [1.165, 1.54) is 16.7 Å². The second-order valence-electron chi connectivity index (χ2n) is 3.76. The van der Waals surface area contributed by atoms with Crippen molar-refractivity contribution in [3.05, 3.63) is 35.4 Å². The molecule has 0 atom stereocenters. The topological polar surface area (TPSA) is 9.23 Å². The number of fused-ring (bicyclic) bond motifs is 1. The van der Waals surface area contributed by atoms with Crippen LogP contribution < -0.4 is 4.74 Å². The number of hydrogen-bond donors (Lipinski definition) is 0. The predicted octanol–water partition coefficient (Wildman–Crippen LogP) is 3.81. The molecule has 2 rings (SSSR count). The fourth-order valence-electron chi connectivity index (χ4n) is 1.91. The van der Waals surface area contributed by atoms with E-state index in [0.717, 1.165) is 30.5 Å². The van der Waals surface area contributed by atoms with Crippen molar-refractivity contribution in [1.29, 1.82) is 0 Å². The monoisotopic (exact) mass is 266 g/mol. The third-order valence-electron chi connectivity index (χ3n) is 2.70. The number of ether oxygens (including phenoxy) is 1. The van der Waals surface area contributed by atoms with Crippen molar-refractivity contribution >= 4 is 21.5 Å². The van der Waals surface area contributed by atoms with Gasteiger partial charge in [0.1, 0.15) is 5.75 Å². The minimum atomic E-state index is 0.831. The number of rotatable bonds is 3. The van der Waals surface area contributed by atoms with E-state index in [1.807, 2.05) is 0 Å². The lowest BCUT2D eigenvalue weighted by atomic mass is 10.0. The molecule has 1 aromatic carbocycles. The quantitative estimate of drug-likeness (QED) is 0.757. The van der Waals surface area contributed by atoms with Crippen LogP contribution in [0.1, 0.15) is 24.5 Å². The van der Waals surface area contributed by atoms with Gasteiger partial charge in [0.05, 0.1) is 6.61 Å². The summed E-state index contributed by atoms with van der Waals surface area (Å²) >= 11 is 3.44. The molecule has 0 aliphatic carbocycles. The number of hydrogen-bond acceptors (Lipinski definition) is 1. The van der Waals surface area contributed by atoms with E-state index < -0.39 is 0 Å². The molecular weight excluding hydrogens is 252 g/mol. The third-order valence-corrected chi connectivity index (χ3v) is 3.16. The van der Waals surface area contributed by atoms with Crippen LogP contribution in [0.2, 0.25) is 0 Å². The molecule has 1 aliphatic rings. The van der Waals surface area contributed by atoms with Crippen molar-refractivity contribution in [1.82, 2.24) is 0 Å². The van der Waals surface area contributed by atoms with Crippen LogP contribution in [-0.2, 0) is 6.42 Å². The van der Waals surface area contributed by atoms with Crippen LogP contribution in [0.3, 0.4) is 0 Å². The van der Waals surface area contributed by atoms with Gasteiger partial charge in [-0.15, -0.1) is 0 Å². The SMILES string of the molecule is C/C(=C/CCBr)c1cccc2c1OCC2. The molecule has 1 aliphatic heterocycles. The van der Waals surface area contributed by atoms with Gasteiger partial charge in [-0.25, -0.2) is 0 Å². The maximum absolute atomic E-state index is 5.68. The van der Waals surface area contributed by atoms with E-state index in [1.54, 1.807) is 0 Å². The molecule has 0 radical (unpaired) electrons. The Bertz CT molecular complexity index is 382. The first-order chi connectivity index (χ1) is 7.33. The Kier molecular flexibility index (Phi) is 3.47. The van der Waals surface area contributed by atoms with Gasteiger partial charge in [0.2, 0.25) is 0 Å². The van der Waals surface area contributed by atoms with Gasteiger partial charge < -0.3 is 4.74 Å². The zero-order valence-electron chi connectivity index (χ0n) is 8.92. The van der Waals surface area contributed by atoms with E-state index in [0.29, 0.717) is 0 Å². The number of allylic oxidation sites excluding steroid dienone is 2. The van der Waals surface area contributed by atoms with Crippen LogP contribution in [0.15, 0.2) is 24.3 Å². The fourth-order valence-corrected chi connectivity index (χ4v) is 2.14. The second kappa shape index (κ2) is 4.84. The molecule has 0 spiro atoms. The molecule has 80 valence electrons. The Hall–Kier alpha value is -0.760. The summed E-state index contributed by atoms with van der Waals surface area (Å²) in [7, 11) is 0. The molecule has 0 bridgehead atoms. The Labute approximate surface area is 99.3 Å². The Morgan fingerprint density at radius 3 is 3.20 bits per heavy atom. The van der Waals surface area contributed by atoms with Crippen LogP contribution in [0.25, 0.3) is 5.57 Å². The fraction of sp³-hybridized carbons (Fsp3) is 0.385. The summed E-state index contributed by atoms with van der Waals surface area (Å²) < 4.78 is 5.68. The van der Waals surface area contributed by atoms with Gasteiger partial charge in [-0.05, 0) is 24.5 Å². The van der Waals surface area contributed by atoms with Crippen molar-refractivity contribution in [2.24, 2.45) is 0 Å². The summed E-state index contributed by atoms with van der Waals surface area (Å²) in [5.74, 6) is 1.10. The van der Waals surface area contributed by atoms with Crippen molar-refractivity contribution < 1.29 is 4.74 Å². The predicted molar refractivity (Wildman–Crippen MR) is 67.7 cm³/mol. The highest BCUT2D eigenvalue weighted by atomic mass is 79.9. The molecule has 0 N–H and O–H groups in total. The van der Waals surface area contributed by atoms with Gasteiger partial charge in [-0.2, -0.15) is 0 Å². The lowest BCUT2D eigenvalue weighted by molar-refractivity contribution is 0.356. The molecule has 2 heteroatoms. The zero-order valence-corrected chi connectivity index (χ0v) is 10.5. The molecule has 0 saturated carbocycles. The van der Waals surface area contributed by atoms with Crippen LogP contribution in [-0.4, -0.2) is 11.9 Å². The van der Waals surface area contributed by atoms with Gasteiger partial charge in [-0.3, -0.25) is 0 Å². The van der Waals surface area contributed by atoms with Gasteiger partial charge in [0, 0.05) is 17.3 Å². The molecule has 1 aromatic rings.